The van der Waals surface area contributed by atoms with E-state index in [1.165, 1.54) is 0 Å². The topological polar surface area (TPSA) is 97.2 Å². The summed E-state index contributed by atoms with van der Waals surface area (Å²) >= 11 is 0. The average molecular weight is 327 g/mol. The molecule has 3 rings (SSSR count). The van der Waals surface area contributed by atoms with Gasteiger partial charge in [0.05, 0.1) is 18.1 Å². The van der Waals surface area contributed by atoms with Crippen LogP contribution >= 0.6 is 0 Å². The Hall–Kier alpha value is -1.48. The van der Waals surface area contributed by atoms with E-state index in [1.807, 2.05) is 16.4 Å². The maximum Gasteiger partial charge on any atom is 0.234 e. The zero-order valence-corrected chi connectivity index (χ0v) is 13.5. The molecule has 1 saturated heterocycles. The summed E-state index contributed by atoms with van der Waals surface area (Å²) in [6.45, 7) is 3.76. The maximum atomic E-state index is 12.1. The van der Waals surface area contributed by atoms with Gasteiger partial charge in [-0.2, -0.15) is 0 Å². The Bertz CT molecular complexity index is 655. The molecule has 0 aromatic carbocycles. The lowest BCUT2D eigenvalue weighted by atomic mass is 10.1. The average Bonchev–Trinajstić information content (AvgIpc) is 2.83. The Morgan fingerprint density at radius 3 is 2.77 bits per heavy atom. The zero-order valence-electron chi connectivity index (χ0n) is 12.7. The van der Waals surface area contributed by atoms with Crippen LogP contribution in [-0.2, 0) is 27.6 Å². The molecular weight excluding hydrogens is 306 g/mol. The van der Waals surface area contributed by atoms with Crippen LogP contribution in [0.25, 0.3) is 0 Å². The van der Waals surface area contributed by atoms with Gasteiger partial charge in [-0.1, -0.05) is 0 Å². The largest absolute Gasteiger partial charge is 0.350 e. The molecule has 2 aliphatic rings. The molecule has 1 unspecified atom stereocenters. The van der Waals surface area contributed by atoms with E-state index in [-0.39, 0.29) is 30.0 Å². The number of nitrogens with zero attached hydrogens (tertiary/aromatic N) is 4. The van der Waals surface area contributed by atoms with Crippen molar-refractivity contribution in [1.29, 1.82) is 0 Å². The van der Waals surface area contributed by atoms with Crippen molar-refractivity contribution in [2.45, 2.75) is 32.4 Å². The summed E-state index contributed by atoms with van der Waals surface area (Å²) in [5, 5.41) is 11.2. The fraction of sp³-hybridized carbons (Fsp3) is 0.769. The van der Waals surface area contributed by atoms with Crippen LogP contribution in [0.5, 0.6) is 0 Å². The van der Waals surface area contributed by atoms with Crippen molar-refractivity contribution in [3.05, 3.63) is 11.6 Å². The molecule has 0 spiro atoms. The smallest absolute Gasteiger partial charge is 0.234 e. The first-order valence-corrected chi connectivity index (χ1v) is 9.36. The van der Waals surface area contributed by atoms with E-state index in [2.05, 4.69) is 15.5 Å². The number of rotatable bonds is 3. The van der Waals surface area contributed by atoms with Crippen LogP contribution in [0, 0.1) is 6.92 Å². The van der Waals surface area contributed by atoms with Crippen LogP contribution in [0.2, 0.25) is 0 Å². The second-order valence-corrected chi connectivity index (χ2v) is 8.31. The first-order chi connectivity index (χ1) is 10.4. The molecule has 1 fully saturated rings. The van der Waals surface area contributed by atoms with Crippen molar-refractivity contribution >= 4 is 15.7 Å². The maximum absolute atomic E-state index is 12.1. The monoisotopic (exact) mass is 327 g/mol. The van der Waals surface area contributed by atoms with Gasteiger partial charge < -0.3 is 9.88 Å². The third kappa shape index (κ3) is 3.46. The zero-order chi connectivity index (χ0) is 15.7. The first kappa shape index (κ1) is 15.4. The van der Waals surface area contributed by atoms with E-state index in [1.54, 1.807) is 0 Å². The predicted octanol–water partition coefficient (Wildman–Crippen LogP) is -1.25. The Labute approximate surface area is 129 Å². The molecule has 22 heavy (non-hydrogen) atoms. The minimum Gasteiger partial charge on any atom is -0.350 e. The third-order valence-corrected chi connectivity index (χ3v) is 5.91. The van der Waals surface area contributed by atoms with Crippen molar-refractivity contribution in [2.75, 3.05) is 31.1 Å². The van der Waals surface area contributed by atoms with Crippen LogP contribution in [-0.4, -0.2) is 71.2 Å². The molecule has 0 saturated carbocycles. The van der Waals surface area contributed by atoms with Gasteiger partial charge in [-0.25, -0.2) is 8.42 Å². The molecule has 2 aliphatic heterocycles. The van der Waals surface area contributed by atoms with Crippen LogP contribution in [0.1, 0.15) is 18.1 Å². The Kier molecular flexibility index (Phi) is 4.18. The summed E-state index contributed by atoms with van der Waals surface area (Å²) in [7, 11) is -2.90. The normalized spacial score (nSPS) is 24.7. The van der Waals surface area contributed by atoms with E-state index >= 15 is 0 Å². The van der Waals surface area contributed by atoms with Gasteiger partial charge in [0.1, 0.15) is 11.6 Å². The van der Waals surface area contributed by atoms with Crippen LogP contribution in [0.3, 0.4) is 0 Å². The highest BCUT2D eigenvalue weighted by Gasteiger charge is 2.26. The van der Waals surface area contributed by atoms with Gasteiger partial charge in [-0.3, -0.25) is 9.69 Å². The number of hydrogen-bond acceptors (Lipinski definition) is 6. The Morgan fingerprint density at radius 2 is 2.05 bits per heavy atom. The molecule has 9 heteroatoms. The summed E-state index contributed by atoms with van der Waals surface area (Å²) in [6, 6.07) is 0.0863. The number of fused-ring (bicyclic) bond motifs is 1. The van der Waals surface area contributed by atoms with Crippen molar-refractivity contribution in [3.63, 3.8) is 0 Å². The summed E-state index contributed by atoms with van der Waals surface area (Å²) in [5.74, 6) is 2.10. The molecule has 1 aromatic heterocycles. The lowest BCUT2D eigenvalue weighted by molar-refractivity contribution is -0.123. The SMILES string of the molecule is Cc1nnc2n1CC(NC(=O)CN1CCS(=O)(=O)CC1)CC2. The van der Waals surface area contributed by atoms with Crippen molar-refractivity contribution in [1.82, 2.24) is 25.0 Å². The molecule has 122 valence electrons. The quantitative estimate of drug-likeness (QED) is 0.745. The third-order valence-electron chi connectivity index (χ3n) is 4.30. The number of nitrogens with one attached hydrogen (secondary N) is 1. The number of carbonyl (C=O) groups excluding carboxylic acids is 1. The summed E-state index contributed by atoms with van der Waals surface area (Å²) in [6.07, 6.45) is 1.67. The second-order valence-electron chi connectivity index (χ2n) is 6.01. The lowest BCUT2D eigenvalue weighted by Crippen LogP contribution is -2.48. The standard InChI is InChI=1S/C13H21N5O3S/c1-10-15-16-12-3-2-11(8-18(10)12)14-13(19)9-17-4-6-22(20,21)7-5-17/h11H,2-9H2,1H3,(H,14,19). The van der Waals surface area contributed by atoms with Gasteiger partial charge in [-0.05, 0) is 13.3 Å². The summed E-state index contributed by atoms with van der Waals surface area (Å²) in [5.41, 5.74) is 0. The van der Waals surface area contributed by atoms with Crippen LogP contribution in [0.15, 0.2) is 0 Å². The molecule has 8 nitrogen and oxygen atoms in total. The number of hydrogen-bond donors (Lipinski definition) is 1. The van der Waals surface area contributed by atoms with E-state index in [0.717, 1.165) is 24.5 Å². The molecule has 0 bridgehead atoms. The first-order valence-electron chi connectivity index (χ1n) is 7.54. The molecule has 3 heterocycles. The predicted molar refractivity (Wildman–Crippen MR) is 80.1 cm³/mol. The number of aryl methyl sites for hydroxylation is 2. The number of amides is 1. The van der Waals surface area contributed by atoms with Crippen molar-refractivity contribution in [2.24, 2.45) is 0 Å². The van der Waals surface area contributed by atoms with E-state index in [0.29, 0.717) is 19.6 Å². The van der Waals surface area contributed by atoms with Crippen LogP contribution < -0.4 is 5.32 Å². The van der Waals surface area contributed by atoms with Crippen molar-refractivity contribution < 1.29 is 13.2 Å². The fourth-order valence-electron chi connectivity index (χ4n) is 2.96. The van der Waals surface area contributed by atoms with E-state index in [9.17, 15) is 13.2 Å². The van der Waals surface area contributed by atoms with Gasteiger partial charge in [0, 0.05) is 32.1 Å². The number of carbonyl (C=O) groups is 1. The molecular formula is C13H21N5O3S. The highest BCUT2D eigenvalue weighted by Crippen LogP contribution is 2.14. The highest BCUT2D eigenvalue weighted by molar-refractivity contribution is 7.91. The van der Waals surface area contributed by atoms with Gasteiger partial charge >= 0.3 is 0 Å². The lowest BCUT2D eigenvalue weighted by Gasteiger charge is -2.28. The van der Waals surface area contributed by atoms with Gasteiger partial charge in [0.15, 0.2) is 9.84 Å². The minimum absolute atomic E-state index is 0.0431. The van der Waals surface area contributed by atoms with Gasteiger partial charge in [0.25, 0.3) is 0 Å². The molecule has 1 amide bonds. The van der Waals surface area contributed by atoms with Crippen molar-refractivity contribution in [3.8, 4) is 0 Å². The highest BCUT2D eigenvalue weighted by atomic mass is 32.2. The second kappa shape index (κ2) is 5.96. The van der Waals surface area contributed by atoms with Gasteiger partial charge in [-0.15, -0.1) is 10.2 Å². The Balaban J connectivity index is 1.50. The summed E-state index contributed by atoms with van der Waals surface area (Å²) < 4.78 is 24.8. The van der Waals surface area contributed by atoms with E-state index < -0.39 is 9.84 Å². The summed E-state index contributed by atoms with van der Waals surface area (Å²) in [4.78, 5) is 14.0. The van der Waals surface area contributed by atoms with Gasteiger partial charge in [0.2, 0.25) is 5.91 Å². The molecule has 0 radical (unpaired) electrons. The molecule has 1 N–H and O–H groups in total. The minimum atomic E-state index is -2.90. The fourth-order valence-corrected chi connectivity index (χ4v) is 4.24. The molecule has 1 aromatic rings. The molecule has 1 atom stereocenters. The van der Waals surface area contributed by atoms with E-state index in [4.69, 9.17) is 0 Å². The number of sulfone groups is 1. The van der Waals surface area contributed by atoms with Crippen LogP contribution in [0.4, 0.5) is 0 Å². The molecule has 0 aliphatic carbocycles. The Morgan fingerprint density at radius 1 is 1.32 bits per heavy atom. The number of aromatic nitrogens is 3.